The Morgan fingerprint density at radius 3 is 2.48 bits per heavy atom. The summed E-state index contributed by atoms with van der Waals surface area (Å²) in [7, 11) is 4.86. The first-order chi connectivity index (χ1) is 14.8. The highest BCUT2D eigenvalue weighted by Gasteiger charge is 2.34. The molecule has 0 fully saturated rings. The third kappa shape index (κ3) is 3.43. The van der Waals surface area contributed by atoms with Gasteiger partial charge in [0.15, 0.2) is 11.6 Å². The van der Waals surface area contributed by atoms with Crippen molar-refractivity contribution in [1.29, 1.82) is 0 Å². The first-order valence-corrected chi connectivity index (χ1v) is 9.33. The summed E-state index contributed by atoms with van der Waals surface area (Å²) in [5.74, 6) is -4.99. The number of allylic oxidation sites excluding steroid dienone is 3. The lowest BCUT2D eigenvalue weighted by molar-refractivity contribution is -0.128. The molecule has 1 heterocycles. The summed E-state index contributed by atoms with van der Waals surface area (Å²) >= 11 is 0. The lowest BCUT2D eigenvalue weighted by Crippen LogP contribution is -2.28. The number of halogens is 3. The first-order valence-electron chi connectivity index (χ1n) is 9.33. The minimum atomic E-state index is -1.57. The van der Waals surface area contributed by atoms with Gasteiger partial charge in [0.25, 0.3) is 0 Å². The number of carbonyl (C=O) groups excluding carboxylic acids is 1. The van der Waals surface area contributed by atoms with E-state index in [0.29, 0.717) is 52.6 Å². The molecule has 0 bridgehead atoms. The van der Waals surface area contributed by atoms with E-state index in [1.807, 2.05) is 11.9 Å². The molecular formula is C23H18F3NO4. The molecule has 0 saturated heterocycles. The molecule has 0 amide bonds. The molecule has 2 aromatic rings. The van der Waals surface area contributed by atoms with Gasteiger partial charge in [-0.25, -0.2) is 13.6 Å². The topological polar surface area (TPSA) is 48.0 Å². The Hall–Kier alpha value is -3.68. The minimum absolute atomic E-state index is 0.122. The molecule has 8 heteroatoms. The van der Waals surface area contributed by atoms with E-state index in [1.54, 1.807) is 30.4 Å². The summed E-state index contributed by atoms with van der Waals surface area (Å²) in [5, 5.41) is 0. The maximum atomic E-state index is 14.1. The molecule has 2 aliphatic rings. The molecule has 0 atom stereocenters. The van der Waals surface area contributed by atoms with Crippen LogP contribution >= 0.6 is 0 Å². The second-order valence-electron chi connectivity index (χ2n) is 6.90. The third-order valence-electron chi connectivity index (χ3n) is 5.23. The summed E-state index contributed by atoms with van der Waals surface area (Å²) in [6, 6.07) is 6.39. The summed E-state index contributed by atoms with van der Waals surface area (Å²) in [6.45, 7) is 0. The van der Waals surface area contributed by atoms with E-state index in [9.17, 15) is 18.0 Å². The number of methoxy groups -OCH3 is 2. The number of nitrogens with zero attached hydrogens (tertiary/aromatic N) is 1. The average molecular weight is 429 g/mol. The highest BCUT2D eigenvalue weighted by Crippen LogP contribution is 2.45. The highest BCUT2D eigenvalue weighted by molar-refractivity contribution is 6.22. The van der Waals surface area contributed by atoms with Crippen LogP contribution in [-0.4, -0.2) is 27.2 Å². The predicted molar refractivity (Wildman–Crippen MR) is 108 cm³/mol. The second kappa shape index (κ2) is 7.86. The molecule has 31 heavy (non-hydrogen) atoms. The third-order valence-corrected chi connectivity index (χ3v) is 5.23. The maximum Gasteiger partial charge on any atom is 0.344 e. The van der Waals surface area contributed by atoms with Gasteiger partial charge in [0.1, 0.15) is 11.5 Å². The molecule has 0 spiro atoms. The van der Waals surface area contributed by atoms with Crippen molar-refractivity contribution in [2.45, 2.75) is 6.42 Å². The summed E-state index contributed by atoms with van der Waals surface area (Å²) in [6.07, 6.45) is 3.85. The largest absolute Gasteiger partial charge is 0.497 e. The summed E-state index contributed by atoms with van der Waals surface area (Å²) in [4.78, 5) is 15.0. The van der Waals surface area contributed by atoms with Crippen LogP contribution in [0.15, 0.2) is 59.5 Å². The Bertz CT molecular complexity index is 1180. The molecule has 160 valence electrons. The van der Waals surface area contributed by atoms with Crippen LogP contribution in [0.1, 0.15) is 12.0 Å². The van der Waals surface area contributed by atoms with Gasteiger partial charge < -0.3 is 19.1 Å². The number of likely N-dealkylation sites (N-methyl/N-ethyl adjacent to an activating group) is 1. The van der Waals surface area contributed by atoms with Crippen LogP contribution in [0.4, 0.5) is 18.9 Å². The smallest absolute Gasteiger partial charge is 0.344 e. The Morgan fingerprint density at radius 1 is 1.03 bits per heavy atom. The molecular weight excluding hydrogens is 411 g/mol. The van der Waals surface area contributed by atoms with Crippen molar-refractivity contribution in [1.82, 2.24) is 0 Å². The fourth-order valence-corrected chi connectivity index (χ4v) is 3.66. The number of esters is 1. The van der Waals surface area contributed by atoms with Gasteiger partial charge in [-0.05, 0) is 42.3 Å². The molecule has 1 aliphatic heterocycles. The fourth-order valence-electron chi connectivity index (χ4n) is 3.66. The van der Waals surface area contributed by atoms with Crippen LogP contribution in [-0.2, 0) is 9.53 Å². The van der Waals surface area contributed by atoms with Crippen molar-refractivity contribution in [3.8, 4) is 11.5 Å². The van der Waals surface area contributed by atoms with E-state index in [1.165, 1.54) is 14.2 Å². The SMILES string of the molecule is COC1=CCC2=C(C(=O)Oc3c(F)ccc(F)c3F)c3ccc(OC)cc3N(C)C2=C1. The lowest BCUT2D eigenvalue weighted by Gasteiger charge is -2.35. The molecule has 4 rings (SSSR count). The van der Waals surface area contributed by atoms with Crippen molar-refractivity contribution in [2.75, 3.05) is 26.2 Å². The number of benzene rings is 2. The van der Waals surface area contributed by atoms with Gasteiger partial charge in [0.2, 0.25) is 11.6 Å². The van der Waals surface area contributed by atoms with E-state index < -0.39 is 29.2 Å². The van der Waals surface area contributed by atoms with Crippen molar-refractivity contribution in [3.63, 3.8) is 0 Å². The van der Waals surface area contributed by atoms with Gasteiger partial charge in [-0.3, -0.25) is 0 Å². The molecule has 0 radical (unpaired) electrons. The van der Waals surface area contributed by atoms with Gasteiger partial charge in [-0.1, -0.05) is 0 Å². The number of hydrogen-bond acceptors (Lipinski definition) is 5. The number of carbonyl (C=O) groups is 1. The Kier molecular flexibility index (Phi) is 5.22. The van der Waals surface area contributed by atoms with Crippen molar-refractivity contribution in [2.24, 2.45) is 0 Å². The van der Waals surface area contributed by atoms with E-state index in [2.05, 4.69) is 0 Å². The molecule has 2 aromatic carbocycles. The number of fused-ring (bicyclic) bond motifs is 2. The van der Waals surface area contributed by atoms with Crippen LogP contribution in [0, 0.1) is 17.5 Å². The minimum Gasteiger partial charge on any atom is -0.497 e. The van der Waals surface area contributed by atoms with Crippen LogP contribution in [0.2, 0.25) is 0 Å². The average Bonchev–Trinajstić information content (AvgIpc) is 2.79. The van der Waals surface area contributed by atoms with Crippen molar-refractivity contribution >= 4 is 17.2 Å². The first kappa shape index (κ1) is 20.6. The normalized spacial score (nSPS) is 15.0. The molecule has 0 N–H and O–H groups in total. The molecule has 5 nitrogen and oxygen atoms in total. The fraction of sp³-hybridized carbons (Fsp3) is 0.174. The van der Waals surface area contributed by atoms with Crippen LogP contribution in [0.3, 0.4) is 0 Å². The zero-order chi connectivity index (χ0) is 22.3. The van der Waals surface area contributed by atoms with Crippen LogP contribution < -0.4 is 14.4 Å². The predicted octanol–water partition coefficient (Wildman–Crippen LogP) is 4.74. The molecule has 1 aliphatic carbocycles. The molecule has 0 aromatic heterocycles. The van der Waals surface area contributed by atoms with Gasteiger partial charge >= 0.3 is 5.97 Å². The van der Waals surface area contributed by atoms with E-state index >= 15 is 0 Å². The zero-order valence-corrected chi connectivity index (χ0v) is 17.0. The summed E-state index contributed by atoms with van der Waals surface area (Å²) < 4.78 is 57.4. The number of anilines is 1. The van der Waals surface area contributed by atoms with Crippen molar-refractivity contribution < 1.29 is 32.2 Å². The number of ether oxygens (including phenoxy) is 3. The lowest BCUT2D eigenvalue weighted by atomic mass is 9.87. The highest BCUT2D eigenvalue weighted by atomic mass is 19.2. The Labute approximate surface area is 176 Å². The maximum absolute atomic E-state index is 14.1. The van der Waals surface area contributed by atoms with E-state index in [4.69, 9.17) is 14.2 Å². The standard InChI is InChI=1S/C23H18F3NO4/c1-27-18-10-12(29-2)4-6-14(18)20(15-7-5-13(30-3)11-19(15)27)23(28)31-22-17(25)9-8-16(24)21(22)26/h4-6,8-11H,7H2,1-3H3. The molecule has 0 saturated carbocycles. The summed E-state index contributed by atoms with van der Waals surface area (Å²) in [5.41, 5.74) is 2.48. The van der Waals surface area contributed by atoms with Crippen molar-refractivity contribution in [3.05, 3.63) is 82.5 Å². The Morgan fingerprint density at radius 2 is 1.77 bits per heavy atom. The Balaban J connectivity index is 1.87. The quantitative estimate of drug-likeness (QED) is 0.399. The number of hydrogen-bond donors (Lipinski definition) is 0. The van der Waals surface area contributed by atoms with Gasteiger partial charge in [0, 0.05) is 30.5 Å². The molecule has 0 unspecified atom stereocenters. The van der Waals surface area contributed by atoms with E-state index in [0.717, 1.165) is 0 Å². The zero-order valence-electron chi connectivity index (χ0n) is 17.0. The van der Waals surface area contributed by atoms with E-state index in [-0.39, 0.29) is 5.57 Å². The van der Waals surface area contributed by atoms with Crippen LogP contribution in [0.25, 0.3) is 5.57 Å². The van der Waals surface area contributed by atoms with Gasteiger partial charge in [-0.15, -0.1) is 0 Å². The second-order valence-corrected chi connectivity index (χ2v) is 6.90. The van der Waals surface area contributed by atoms with Crippen LogP contribution in [0.5, 0.6) is 11.5 Å². The monoisotopic (exact) mass is 429 g/mol. The van der Waals surface area contributed by atoms with Gasteiger partial charge in [0.05, 0.1) is 25.5 Å². The number of rotatable bonds is 4. The van der Waals surface area contributed by atoms with Gasteiger partial charge in [-0.2, -0.15) is 4.39 Å².